The summed E-state index contributed by atoms with van der Waals surface area (Å²) in [5.41, 5.74) is 0.632. The highest BCUT2D eigenvalue weighted by molar-refractivity contribution is 6.11. The number of pyridine rings is 1. The van der Waals surface area contributed by atoms with Gasteiger partial charge in [-0.2, -0.15) is 0 Å². The fraction of sp³-hybridized carbons (Fsp3) is 0.242. The second-order valence-electron chi connectivity index (χ2n) is 10.0. The first-order chi connectivity index (χ1) is 19.8. The molecule has 1 fully saturated rings. The molecule has 0 amide bonds. The van der Waals surface area contributed by atoms with Crippen LogP contribution in [0.15, 0.2) is 79.5 Å². The zero-order valence-corrected chi connectivity index (χ0v) is 22.6. The maximum atomic E-state index is 15.2. The number of ketones is 2. The van der Waals surface area contributed by atoms with E-state index in [2.05, 4.69) is 11.6 Å². The van der Waals surface area contributed by atoms with Gasteiger partial charge in [0.25, 0.3) is 0 Å². The van der Waals surface area contributed by atoms with Crippen molar-refractivity contribution in [1.82, 2.24) is 4.98 Å². The standard InChI is InChI=1S/C33H29F2NO5/c1-3-4-15-40-30-20-26-24(19-29(30)39-2)27(11-14-36-26)41-28-10-7-22(16-25(28)35)18-32(38)33(12-13-33)31(37)17-21-5-8-23(34)9-6-21/h3,5-11,14,16,19-20H,1,4,12-13,15,17-18H2,2H3. The Bertz CT molecular complexity index is 1610. The lowest BCUT2D eigenvalue weighted by atomic mass is 9.88. The number of hydrogen-bond donors (Lipinski definition) is 0. The molecule has 0 spiro atoms. The average Bonchev–Trinajstić information content (AvgIpc) is 3.78. The second kappa shape index (κ2) is 11.9. The highest BCUT2D eigenvalue weighted by atomic mass is 19.1. The monoisotopic (exact) mass is 557 g/mol. The Morgan fingerprint density at radius 1 is 0.902 bits per heavy atom. The molecule has 6 nitrogen and oxygen atoms in total. The molecule has 41 heavy (non-hydrogen) atoms. The lowest BCUT2D eigenvalue weighted by molar-refractivity contribution is -0.133. The predicted octanol–water partition coefficient (Wildman–Crippen LogP) is 6.97. The van der Waals surface area contributed by atoms with E-state index in [1.165, 1.54) is 31.4 Å². The summed E-state index contributed by atoms with van der Waals surface area (Å²) in [4.78, 5) is 30.4. The number of carbonyl (C=O) groups is 2. The first-order valence-corrected chi connectivity index (χ1v) is 13.3. The molecule has 5 rings (SSSR count). The number of halogens is 2. The van der Waals surface area contributed by atoms with Gasteiger partial charge in [0.15, 0.2) is 34.6 Å². The van der Waals surface area contributed by atoms with Crippen molar-refractivity contribution in [3.63, 3.8) is 0 Å². The zero-order chi connectivity index (χ0) is 29.0. The minimum atomic E-state index is -1.05. The minimum absolute atomic E-state index is 0.0208. The normalized spacial score (nSPS) is 13.4. The summed E-state index contributed by atoms with van der Waals surface area (Å²) in [7, 11) is 1.53. The zero-order valence-electron chi connectivity index (χ0n) is 22.6. The Morgan fingerprint density at radius 2 is 1.61 bits per heavy atom. The summed E-state index contributed by atoms with van der Waals surface area (Å²) in [6.07, 6.45) is 4.90. The van der Waals surface area contributed by atoms with Gasteiger partial charge in [0.2, 0.25) is 0 Å². The van der Waals surface area contributed by atoms with Crippen LogP contribution in [-0.2, 0) is 22.4 Å². The molecule has 210 valence electrons. The molecule has 0 atom stereocenters. The number of nitrogens with zero attached hydrogens (tertiary/aromatic N) is 1. The third-order valence-electron chi connectivity index (χ3n) is 7.24. The molecule has 3 aromatic carbocycles. The van der Waals surface area contributed by atoms with Crippen molar-refractivity contribution < 1.29 is 32.6 Å². The van der Waals surface area contributed by atoms with Crippen molar-refractivity contribution in [3.05, 3.63) is 102 Å². The first kappa shape index (κ1) is 28.0. The molecule has 0 bridgehead atoms. The van der Waals surface area contributed by atoms with Crippen molar-refractivity contribution in [2.45, 2.75) is 32.1 Å². The number of carbonyl (C=O) groups excluding carboxylic acids is 2. The molecular weight excluding hydrogens is 528 g/mol. The molecule has 0 unspecified atom stereocenters. The van der Waals surface area contributed by atoms with Gasteiger partial charge < -0.3 is 14.2 Å². The van der Waals surface area contributed by atoms with Gasteiger partial charge in [0.05, 0.1) is 24.6 Å². The van der Waals surface area contributed by atoms with Gasteiger partial charge in [-0.1, -0.05) is 24.3 Å². The van der Waals surface area contributed by atoms with Crippen molar-refractivity contribution in [2.75, 3.05) is 13.7 Å². The Hall–Kier alpha value is -4.59. The Morgan fingerprint density at radius 3 is 2.27 bits per heavy atom. The van der Waals surface area contributed by atoms with Crippen LogP contribution < -0.4 is 14.2 Å². The maximum Gasteiger partial charge on any atom is 0.166 e. The Kier molecular flexibility index (Phi) is 8.10. The van der Waals surface area contributed by atoms with Crippen molar-refractivity contribution in [1.29, 1.82) is 0 Å². The summed E-state index contributed by atoms with van der Waals surface area (Å²) < 4.78 is 45.5. The van der Waals surface area contributed by atoms with Crippen LogP contribution in [0, 0.1) is 17.0 Å². The lowest BCUT2D eigenvalue weighted by Gasteiger charge is -2.15. The smallest absolute Gasteiger partial charge is 0.166 e. The summed E-state index contributed by atoms with van der Waals surface area (Å²) in [6, 6.07) is 15.1. The van der Waals surface area contributed by atoms with Gasteiger partial charge >= 0.3 is 0 Å². The van der Waals surface area contributed by atoms with E-state index in [1.54, 1.807) is 48.7 Å². The Balaban J connectivity index is 1.30. The van der Waals surface area contributed by atoms with Crippen LogP contribution >= 0.6 is 0 Å². The molecule has 1 aliphatic rings. The number of fused-ring (bicyclic) bond motifs is 1. The number of hydrogen-bond acceptors (Lipinski definition) is 6. The number of ether oxygens (including phenoxy) is 3. The minimum Gasteiger partial charge on any atom is -0.493 e. The average molecular weight is 558 g/mol. The molecule has 0 saturated heterocycles. The number of methoxy groups -OCH3 is 1. The number of Topliss-reactive ketones (excluding diaryl/α,β-unsaturated/α-hetero) is 2. The van der Waals surface area contributed by atoms with Crippen LogP contribution in [-0.4, -0.2) is 30.3 Å². The van der Waals surface area contributed by atoms with Gasteiger partial charge in [-0.25, -0.2) is 8.78 Å². The maximum absolute atomic E-state index is 15.2. The topological polar surface area (TPSA) is 74.7 Å². The van der Waals surface area contributed by atoms with Crippen molar-refractivity contribution in [2.24, 2.45) is 5.41 Å². The van der Waals surface area contributed by atoms with Crippen molar-refractivity contribution >= 4 is 22.5 Å². The number of aromatic nitrogens is 1. The summed E-state index contributed by atoms with van der Waals surface area (Å²) in [6.45, 7) is 4.12. The van der Waals surface area contributed by atoms with Crippen molar-refractivity contribution in [3.8, 4) is 23.0 Å². The van der Waals surface area contributed by atoms with Crippen LogP contribution in [0.4, 0.5) is 8.78 Å². The molecule has 1 aliphatic carbocycles. The second-order valence-corrected chi connectivity index (χ2v) is 10.0. The van der Waals surface area contributed by atoms with Crippen LogP contribution in [0.25, 0.3) is 10.9 Å². The lowest BCUT2D eigenvalue weighted by Crippen LogP contribution is -2.28. The van der Waals surface area contributed by atoms with Gasteiger partial charge in [-0.15, -0.1) is 6.58 Å². The summed E-state index contributed by atoms with van der Waals surface area (Å²) in [5, 5.41) is 0.606. The van der Waals surface area contributed by atoms with E-state index < -0.39 is 11.2 Å². The van der Waals surface area contributed by atoms with E-state index in [4.69, 9.17) is 14.2 Å². The SMILES string of the molecule is C=CCCOc1cc2nccc(Oc3ccc(CC(=O)C4(C(=O)Cc5ccc(F)cc5)CC4)cc3F)c2cc1OC. The first-order valence-electron chi connectivity index (χ1n) is 13.3. The van der Waals surface area contributed by atoms with Crippen LogP contribution in [0.5, 0.6) is 23.0 Å². The fourth-order valence-corrected chi connectivity index (χ4v) is 4.75. The van der Waals surface area contributed by atoms with Gasteiger partial charge in [0.1, 0.15) is 11.6 Å². The fourth-order valence-electron chi connectivity index (χ4n) is 4.75. The largest absolute Gasteiger partial charge is 0.493 e. The molecule has 1 aromatic heterocycles. The number of benzene rings is 3. The molecule has 0 aliphatic heterocycles. The summed E-state index contributed by atoms with van der Waals surface area (Å²) in [5.74, 6) is -0.0975. The van der Waals surface area contributed by atoms with E-state index >= 15 is 4.39 Å². The van der Waals surface area contributed by atoms with Crippen LogP contribution in [0.3, 0.4) is 0 Å². The van der Waals surface area contributed by atoms with Crippen LogP contribution in [0.2, 0.25) is 0 Å². The van der Waals surface area contributed by atoms with E-state index in [0.717, 1.165) is 0 Å². The van der Waals surface area contributed by atoms with Gasteiger partial charge in [0, 0.05) is 30.5 Å². The predicted molar refractivity (Wildman–Crippen MR) is 151 cm³/mol. The molecule has 0 N–H and O–H groups in total. The quantitative estimate of drug-likeness (QED) is 0.100. The summed E-state index contributed by atoms with van der Waals surface area (Å²) >= 11 is 0. The van der Waals surface area contributed by atoms with Gasteiger partial charge in [-0.3, -0.25) is 14.6 Å². The Labute approximate surface area is 236 Å². The molecule has 1 heterocycles. The van der Waals surface area contributed by atoms with Gasteiger partial charge in [-0.05, 0) is 66.8 Å². The molecule has 4 aromatic rings. The molecule has 8 heteroatoms. The molecule has 0 radical (unpaired) electrons. The number of rotatable bonds is 13. The van der Waals surface area contributed by atoms with E-state index in [9.17, 15) is 14.0 Å². The third-order valence-corrected chi connectivity index (χ3v) is 7.24. The highest BCUT2D eigenvalue weighted by Gasteiger charge is 2.54. The highest BCUT2D eigenvalue weighted by Crippen LogP contribution is 2.49. The van der Waals surface area contributed by atoms with Crippen LogP contribution in [0.1, 0.15) is 30.4 Å². The molecule has 1 saturated carbocycles. The van der Waals surface area contributed by atoms with E-state index in [-0.39, 0.29) is 36.0 Å². The third kappa shape index (κ3) is 6.11. The van der Waals surface area contributed by atoms with E-state index in [1.807, 2.05) is 0 Å². The van der Waals surface area contributed by atoms with E-state index in [0.29, 0.717) is 65.1 Å². The molecular formula is C33H29F2NO5.